The SMILES string of the molecule is COc1cc(-c2cccc(NCCCCCc3nc(C)no3)c2)ccn1. The van der Waals surface area contributed by atoms with E-state index in [0.29, 0.717) is 11.7 Å². The Bertz CT molecular complexity index is 832. The minimum absolute atomic E-state index is 0.623. The first-order chi connectivity index (χ1) is 12.7. The maximum atomic E-state index is 5.20. The summed E-state index contributed by atoms with van der Waals surface area (Å²) in [7, 11) is 1.63. The maximum Gasteiger partial charge on any atom is 0.226 e. The van der Waals surface area contributed by atoms with Gasteiger partial charge in [-0.3, -0.25) is 0 Å². The van der Waals surface area contributed by atoms with Crippen molar-refractivity contribution in [3.8, 4) is 17.0 Å². The molecule has 1 N–H and O–H groups in total. The number of nitrogens with zero attached hydrogens (tertiary/aromatic N) is 3. The van der Waals surface area contributed by atoms with Crippen molar-refractivity contribution in [3.63, 3.8) is 0 Å². The fourth-order valence-corrected chi connectivity index (χ4v) is 2.76. The summed E-state index contributed by atoms with van der Waals surface area (Å²) < 4.78 is 10.3. The Balaban J connectivity index is 1.45. The van der Waals surface area contributed by atoms with Crippen LogP contribution in [0.1, 0.15) is 31.0 Å². The van der Waals surface area contributed by atoms with E-state index < -0.39 is 0 Å². The molecule has 0 bridgehead atoms. The van der Waals surface area contributed by atoms with Crippen LogP contribution >= 0.6 is 0 Å². The summed E-state index contributed by atoms with van der Waals surface area (Å²) in [6, 6.07) is 12.3. The van der Waals surface area contributed by atoms with Crippen LogP contribution in [-0.4, -0.2) is 28.8 Å². The number of anilines is 1. The van der Waals surface area contributed by atoms with E-state index in [0.717, 1.165) is 54.9 Å². The topological polar surface area (TPSA) is 73.1 Å². The van der Waals surface area contributed by atoms with Crippen molar-refractivity contribution in [2.24, 2.45) is 0 Å². The Kier molecular flexibility index (Phi) is 6.19. The summed E-state index contributed by atoms with van der Waals surface area (Å²) in [5.74, 6) is 2.06. The zero-order valence-corrected chi connectivity index (χ0v) is 15.2. The lowest BCUT2D eigenvalue weighted by Gasteiger charge is -2.09. The van der Waals surface area contributed by atoms with Crippen LogP contribution in [0.5, 0.6) is 5.88 Å². The van der Waals surface area contributed by atoms with Crippen LogP contribution < -0.4 is 10.1 Å². The lowest BCUT2D eigenvalue weighted by molar-refractivity contribution is 0.370. The number of ether oxygens (including phenoxy) is 1. The Morgan fingerprint density at radius 3 is 2.77 bits per heavy atom. The zero-order chi connectivity index (χ0) is 18.2. The molecule has 1 aromatic carbocycles. The molecule has 0 spiro atoms. The van der Waals surface area contributed by atoms with Crippen molar-refractivity contribution < 1.29 is 9.26 Å². The van der Waals surface area contributed by atoms with E-state index in [1.165, 1.54) is 0 Å². The molecule has 3 rings (SSSR count). The molecule has 2 aromatic heterocycles. The Morgan fingerprint density at radius 2 is 1.96 bits per heavy atom. The van der Waals surface area contributed by atoms with Crippen LogP contribution in [0, 0.1) is 6.92 Å². The van der Waals surface area contributed by atoms with Gasteiger partial charge in [0, 0.05) is 30.9 Å². The molecule has 3 aromatic rings. The van der Waals surface area contributed by atoms with Crippen LogP contribution in [-0.2, 0) is 6.42 Å². The molecule has 26 heavy (non-hydrogen) atoms. The molecule has 0 saturated carbocycles. The number of unbranched alkanes of at least 4 members (excludes halogenated alkanes) is 2. The van der Waals surface area contributed by atoms with Crippen LogP contribution in [0.25, 0.3) is 11.1 Å². The van der Waals surface area contributed by atoms with Crippen molar-refractivity contribution in [2.75, 3.05) is 19.0 Å². The molecule has 0 aliphatic rings. The number of hydrogen-bond donors (Lipinski definition) is 1. The van der Waals surface area contributed by atoms with Crippen LogP contribution in [0.15, 0.2) is 47.1 Å². The highest BCUT2D eigenvalue weighted by Gasteiger charge is 2.03. The second kappa shape index (κ2) is 8.99. The molecule has 0 aliphatic carbocycles. The Labute approximate surface area is 153 Å². The molecule has 6 heteroatoms. The van der Waals surface area contributed by atoms with E-state index in [-0.39, 0.29) is 0 Å². The zero-order valence-electron chi connectivity index (χ0n) is 15.2. The molecule has 0 atom stereocenters. The first kappa shape index (κ1) is 17.9. The standard InChI is InChI=1S/C20H24N4O2/c1-15-23-19(26-24-15)9-4-3-5-11-21-18-8-6-7-16(13-18)17-10-12-22-20(14-17)25-2/h6-8,10,12-14,21H,3-5,9,11H2,1-2H3. The van der Waals surface area contributed by atoms with Crippen LogP contribution in [0.3, 0.4) is 0 Å². The molecule has 6 nitrogen and oxygen atoms in total. The van der Waals surface area contributed by atoms with Gasteiger partial charge >= 0.3 is 0 Å². The smallest absolute Gasteiger partial charge is 0.226 e. The number of nitrogens with one attached hydrogen (secondary N) is 1. The molecule has 0 aliphatic heterocycles. The largest absolute Gasteiger partial charge is 0.481 e. The van der Waals surface area contributed by atoms with Gasteiger partial charge < -0.3 is 14.6 Å². The van der Waals surface area contributed by atoms with E-state index in [2.05, 4.69) is 44.7 Å². The number of aromatic nitrogens is 3. The molecule has 0 radical (unpaired) electrons. The number of rotatable bonds is 9. The number of hydrogen-bond acceptors (Lipinski definition) is 6. The lowest BCUT2D eigenvalue weighted by atomic mass is 10.1. The van der Waals surface area contributed by atoms with Gasteiger partial charge in [-0.05, 0) is 49.1 Å². The summed E-state index contributed by atoms with van der Waals surface area (Å²) in [5.41, 5.74) is 3.35. The minimum Gasteiger partial charge on any atom is -0.481 e. The predicted molar refractivity (Wildman–Crippen MR) is 101 cm³/mol. The van der Waals surface area contributed by atoms with Crippen molar-refractivity contribution >= 4 is 5.69 Å². The molecule has 0 saturated heterocycles. The van der Waals surface area contributed by atoms with Gasteiger partial charge in [0.15, 0.2) is 5.82 Å². The molecule has 136 valence electrons. The van der Waals surface area contributed by atoms with Crippen molar-refractivity contribution in [3.05, 3.63) is 54.3 Å². The van der Waals surface area contributed by atoms with E-state index in [9.17, 15) is 0 Å². The van der Waals surface area contributed by atoms with Crippen molar-refractivity contribution in [2.45, 2.75) is 32.6 Å². The van der Waals surface area contributed by atoms with Gasteiger partial charge in [0.1, 0.15) is 0 Å². The number of benzene rings is 1. The van der Waals surface area contributed by atoms with E-state index in [1.54, 1.807) is 13.3 Å². The predicted octanol–water partition coefficient (Wildman–Crippen LogP) is 4.27. The first-order valence-electron chi connectivity index (χ1n) is 8.88. The van der Waals surface area contributed by atoms with Crippen molar-refractivity contribution in [1.82, 2.24) is 15.1 Å². The third kappa shape index (κ3) is 5.05. The molecular weight excluding hydrogens is 328 g/mol. The molecule has 0 fully saturated rings. The third-order valence-corrected chi connectivity index (χ3v) is 4.11. The second-order valence-corrected chi connectivity index (χ2v) is 6.14. The lowest BCUT2D eigenvalue weighted by Crippen LogP contribution is -2.01. The number of aryl methyl sites for hydroxylation is 2. The third-order valence-electron chi connectivity index (χ3n) is 4.11. The van der Waals surface area contributed by atoms with Gasteiger partial charge in [-0.1, -0.05) is 23.7 Å². The maximum absolute atomic E-state index is 5.20. The Morgan fingerprint density at radius 1 is 1.08 bits per heavy atom. The van der Waals surface area contributed by atoms with Crippen LogP contribution in [0.2, 0.25) is 0 Å². The summed E-state index contributed by atoms with van der Waals surface area (Å²) >= 11 is 0. The normalized spacial score (nSPS) is 10.7. The fraction of sp³-hybridized carbons (Fsp3) is 0.350. The highest BCUT2D eigenvalue weighted by molar-refractivity contribution is 5.68. The number of pyridine rings is 1. The van der Waals surface area contributed by atoms with Gasteiger partial charge in [0.05, 0.1) is 7.11 Å². The van der Waals surface area contributed by atoms with Gasteiger partial charge in [0.25, 0.3) is 0 Å². The van der Waals surface area contributed by atoms with Gasteiger partial charge in [0.2, 0.25) is 11.8 Å². The van der Waals surface area contributed by atoms with Crippen molar-refractivity contribution in [1.29, 1.82) is 0 Å². The summed E-state index contributed by atoms with van der Waals surface area (Å²) in [4.78, 5) is 8.37. The Hall–Kier alpha value is -2.89. The molecular formula is C20H24N4O2. The fourth-order valence-electron chi connectivity index (χ4n) is 2.76. The monoisotopic (exact) mass is 352 g/mol. The molecule has 0 unspecified atom stereocenters. The highest BCUT2D eigenvalue weighted by Crippen LogP contribution is 2.24. The van der Waals surface area contributed by atoms with Gasteiger partial charge in [-0.25, -0.2) is 4.98 Å². The van der Waals surface area contributed by atoms with Crippen LogP contribution in [0.4, 0.5) is 5.69 Å². The highest BCUT2D eigenvalue weighted by atomic mass is 16.5. The second-order valence-electron chi connectivity index (χ2n) is 6.14. The van der Waals surface area contributed by atoms with Gasteiger partial charge in [-0.2, -0.15) is 4.98 Å². The van der Waals surface area contributed by atoms with Gasteiger partial charge in [-0.15, -0.1) is 0 Å². The first-order valence-corrected chi connectivity index (χ1v) is 8.88. The van der Waals surface area contributed by atoms with E-state index >= 15 is 0 Å². The summed E-state index contributed by atoms with van der Waals surface area (Å²) in [6.07, 6.45) is 5.88. The number of methoxy groups -OCH3 is 1. The minimum atomic E-state index is 0.623. The average Bonchev–Trinajstić information content (AvgIpc) is 3.10. The molecule has 0 amide bonds. The van der Waals surface area contributed by atoms with E-state index in [4.69, 9.17) is 9.26 Å². The average molecular weight is 352 g/mol. The molecule has 2 heterocycles. The quantitative estimate of drug-likeness (QED) is 0.580. The summed E-state index contributed by atoms with van der Waals surface area (Å²) in [5, 5.41) is 7.29. The summed E-state index contributed by atoms with van der Waals surface area (Å²) in [6.45, 7) is 2.78. The van der Waals surface area contributed by atoms with E-state index in [1.807, 2.05) is 19.1 Å².